The number of hydrogen-bond acceptors (Lipinski definition) is 4. The van der Waals surface area contributed by atoms with Crippen LogP contribution in [0.3, 0.4) is 0 Å². The van der Waals surface area contributed by atoms with Gasteiger partial charge in [0.05, 0.1) is 11.2 Å². The topological polar surface area (TPSA) is 19.4 Å². The van der Waals surface area contributed by atoms with Crippen LogP contribution in [0.2, 0.25) is 0 Å². The third-order valence-electron chi connectivity index (χ3n) is 3.88. The monoisotopic (exact) mass is 237 g/mol. The van der Waals surface area contributed by atoms with E-state index in [2.05, 4.69) is 21.7 Å². The third-order valence-corrected chi connectivity index (χ3v) is 4.80. The summed E-state index contributed by atoms with van der Waals surface area (Å²) in [6.07, 6.45) is 2.80. The number of fused-ring (bicyclic) bond motifs is 1. The van der Waals surface area contributed by atoms with Crippen molar-refractivity contribution in [1.29, 1.82) is 0 Å². The Hall–Kier alpha value is -0.450. The number of nitrogens with zero attached hydrogens (tertiary/aromatic N) is 3. The average molecular weight is 237 g/mol. The molecule has 0 N–H and O–H groups in total. The van der Waals surface area contributed by atoms with Crippen LogP contribution >= 0.6 is 11.3 Å². The summed E-state index contributed by atoms with van der Waals surface area (Å²) in [5.74, 6) is 0. The minimum absolute atomic E-state index is 0.835. The zero-order valence-electron chi connectivity index (χ0n) is 9.85. The van der Waals surface area contributed by atoms with Gasteiger partial charge in [-0.1, -0.05) is 0 Å². The second-order valence-electron chi connectivity index (χ2n) is 4.93. The molecule has 4 heteroatoms. The first-order valence-electron chi connectivity index (χ1n) is 6.18. The van der Waals surface area contributed by atoms with Gasteiger partial charge in [0.15, 0.2) is 0 Å². The zero-order valence-corrected chi connectivity index (χ0v) is 10.7. The average Bonchev–Trinajstić information content (AvgIpc) is 2.88. The van der Waals surface area contributed by atoms with Crippen LogP contribution in [-0.2, 0) is 6.54 Å². The van der Waals surface area contributed by atoms with Crippen LogP contribution in [-0.4, -0.2) is 47.0 Å². The molecule has 2 saturated heterocycles. The minimum Gasteiger partial charge on any atom is -0.298 e. The van der Waals surface area contributed by atoms with E-state index in [0.717, 1.165) is 12.6 Å². The summed E-state index contributed by atoms with van der Waals surface area (Å²) in [4.78, 5) is 11.0. The number of rotatable bonds is 2. The fourth-order valence-corrected chi connectivity index (χ4v) is 3.70. The number of aryl methyl sites for hydroxylation is 1. The molecule has 0 amide bonds. The molecule has 1 aromatic rings. The maximum atomic E-state index is 4.33. The Bertz CT molecular complexity index is 363. The number of aromatic nitrogens is 1. The van der Waals surface area contributed by atoms with Gasteiger partial charge in [-0.2, -0.15) is 0 Å². The maximum Gasteiger partial charge on any atom is 0.0798 e. The fourth-order valence-electron chi connectivity index (χ4n) is 2.88. The van der Waals surface area contributed by atoms with E-state index >= 15 is 0 Å². The van der Waals surface area contributed by atoms with E-state index in [4.69, 9.17) is 0 Å². The Kier molecular flexibility index (Phi) is 2.96. The minimum atomic E-state index is 0.835. The van der Waals surface area contributed by atoms with Gasteiger partial charge in [-0.25, -0.2) is 4.98 Å². The standard InChI is InChI=1S/C12H19N3S/c1-10-12(16-9-13-10)8-14-5-6-15-4-2-3-11(15)7-14/h9,11H,2-8H2,1H3. The molecule has 88 valence electrons. The Morgan fingerprint density at radius 2 is 2.38 bits per heavy atom. The lowest BCUT2D eigenvalue weighted by Crippen LogP contribution is -2.49. The molecule has 0 saturated carbocycles. The van der Waals surface area contributed by atoms with Crippen molar-refractivity contribution in [1.82, 2.24) is 14.8 Å². The fraction of sp³-hybridized carbons (Fsp3) is 0.750. The molecular formula is C12H19N3S. The van der Waals surface area contributed by atoms with E-state index in [9.17, 15) is 0 Å². The Morgan fingerprint density at radius 1 is 1.44 bits per heavy atom. The highest BCUT2D eigenvalue weighted by atomic mass is 32.1. The lowest BCUT2D eigenvalue weighted by molar-refractivity contribution is 0.0999. The molecule has 2 aliphatic rings. The van der Waals surface area contributed by atoms with Gasteiger partial charge in [0.1, 0.15) is 0 Å². The summed E-state index contributed by atoms with van der Waals surface area (Å²) in [5.41, 5.74) is 3.19. The highest BCUT2D eigenvalue weighted by molar-refractivity contribution is 7.09. The molecule has 0 aliphatic carbocycles. The maximum absolute atomic E-state index is 4.33. The normalized spacial score (nSPS) is 27.2. The zero-order chi connectivity index (χ0) is 11.0. The molecule has 0 aromatic carbocycles. The molecule has 1 aromatic heterocycles. The number of thiazole rings is 1. The Labute approximate surface area is 101 Å². The van der Waals surface area contributed by atoms with Crippen LogP contribution in [0.5, 0.6) is 0 Å². The second kappa shape index (κ2) is 4.43. The summed E-state index contributed by atoms with van der Waals surface area (Å²) in [5, 5.41) is 0. The van der Waals surface area contributed by atoms with Crippen molar-refractivity contribution in [2.24, 2.45) is 0 Å². The number of piperazine rings is 1. The lowest BCUT2D eigenvalue weighted by atomic mass is 10.1. The van der Waals surface area contributed by atoms with Crippen LogP contribution in [0, 0.1) is 6.92 Å². The van der Waals surface area contributed by atoms with Crippen molar-refractivity contribution in [3.8, 4) is 0 Å². The highest BCUT2D eigenvalue weighted by Crippen LogP contribution is 2.23. The predicted molar refractivity (Wildman–Crippen MR) is 66.7 cm³/mol. The summed E-state index contributed by atoms with van der Waals surface area (Å²) in [6.45, 7) is 8.32. The van der Waals surface area contributed by atoms with Gasteiger partial charge in [0.2, 0.25) is 0 Å². The van der Waals surface area contributed by atoms with Gasteiger partial charge >= 0.3 is 0 Å². The molecule has 0 bridgehead atoms. The predicted octanol–water partition coefficient (Wildman–Crippen LogP) is 1.73. The van der Waals surface area contributed by atoms with Gasteiger partial charge in [-0.05, 0) is 26.3 Å². The summed E-state index contributed by atoms with van der Waals surface area (Å²) >= 11 is 1.80. The van der Waals surface area contributed by atoms with Crippen molar-refractivity contribution in [2.45, 2.75) is 32.4 Å². The molecule has 0 radical (unpaired) electrons. The van der Waals surface area contributed by atoms with Gasteiger partial charge in [0, 0.05) is 37.1 Å². The van der Waals surface area contributed by atoms with E-state index in [1.165, 1.54) is 49.6 Å². The van der Waals surface area contributed by atoms with Crippen molar-refractivity contribution in [3.05, 3.63) is 16.1 Å². The highest BCUT2D eigenvalue weighted by Gasteiger charge is 2.30. The Morgan fingerprint density at radius 3 is 3.19 bits per heavy atom. The van der Waals surface area contributed by atoms with E-state index in [-0.39, 0.29) is 0 Å². The van der Waals surface area contributed by atoms with Gasteiger partial charge < -0.3 is 0 Å². The molecule has 1 unspecified atom stereocenters. The van der Waals surface area contributed by atoms with Crippen molar-refractivity contribution < 1.29 is 0 Å². The van der Waals surface area contributed by atoms with Gasteiger partial charge in [-0.15, -0.1) is 11.3 Å². The first kappa shape index (κ1) is 10.7. The van der Waals surface area contributed by atoms with Crippen LogP contribution in [0.25, 0.3) is 0 Å². The van der Waals surface area contributed by atoms with Crippen molar-refractivity contribution in [2.75, 3.05) is 26.2 Å². The van der Waals surface area contributed by atoms with Gasteiger partial charge in [-0.3, -0.25) is 9.80 Å². The van der Waals surface area contributed by atoms with Crippen LogP contribution in [0.4, 0.5) is 0 Å². The van der Waals surface area contributed by atoms with Crippen LogP contribution in [0.15, 0.2) is 5.51 Å². The smallest absolute Gasteiger partial charge is 0.0798 e. The van der Waals surface area contributed by atoms with E-state index < -0.39 is 0 Å². The van der Waals surface area contributed by atoms with Crippen LogP contribution in [0.1, 0.15) is 23.4 Å². The molecule has 0 spiro atoms. The molecule has 2 aliphatic heterocycles. The second-order valence-corrected chi connectivity index (χ2v) is 5.87. The third kappa shape index (κ3) is 2.01. The van der Waals surface area contributed by atoms with Crippen LogP contribution < -0.4 is 0 Å². The molecule has 16 heavy (non-hydrogen) atoms. The van der Waals surface area contributed by atoms with E-state index in [0.29, 0.717) is 0 Å². The Balaban J connectivity index is 1.62. The molecule has 3 rings (SSSR count). The SMILES string of the molecule is Cc1ncsc1CN1CCN2CCCC2C1. The van der Waals surface area contributed by atoms with E-state index in [1.807, 2.05) is 5.51 Å². The largest absolute Gasteiger partial charge is 0.298 e. The molecule has 2 fully saturated rings. The quantitative estimate of drug-likeness (QED) is 0.781. The van der Waals surface area contributed by atoms with Crippen molar-refractivity contribution >= 4 is 11.3 Å². The first-order valence-corrected chi connectivity index (χ1v) is 7.06. The lowest BCUT2D eigenvalue weighted by Gasteiger charge is -2.37. The van der Waals surface area contributed by atoms with Gasteiger partial charge in [0.25, 0.3) is 0 Å². The molecule has 3 heterocycles. The molecule has 1 atom stereocenters. The summed E-state index contributed by atoms with van der Waals surface area (Å²) in [7, 11) is 0. The first-order chi connectivity index (χ1) is 7.83. The van der Waals surface area contributed by atoms with Crippen molar-refractivity contribution in [3.63, 3.8) is 0 Å². The molecular weight excluding hydrogens is 218 g/mol. The summed E-state index contributed by atoms with van der Waals surface area (Å²) < 4.78 is 0. The van der Waals surface area contributed by atoms with E-state index in [1.54, 1.807) is 11.3 Å². The number of hydrogen-bond donors (Lipinski definition) is 0. The summed E-state index contributed by atoms with van der Waals surface area (Å²) in [6, 6.07) is 0.835. The molecule has 3 nitrogen and oxygen atoms in total.